The largest absolute Gasteiger partial charge is 0.241 e. The molecule has 1 saturated carbocycles. The Morgan fingerprint density at radius 1 is 1.25 bits per heavy atom. The molecule has 2 atom stereocenters. The highest BCUT2D eigenvalue weighted by Crippen LogP contribution is 2.52. The van der Waals surface area contributed by atoms with E-state index >= 15 is 0 Å². The van der Waals surface area contributed by atoms with Crippen LogP contribution in [0.25, 0.3) is 0 Å². The predicted octanol–water partition coefficient (Wildman–Crippen LogP) is 2.15. The van der Waals surface area contributed by atoms with E-state index in [2.05, 4.69) is 16.9 Å². The third-order valence-electron chi connectivity index (χ3n) is 3.34. The molecule has 2 aliphatic rings. The van der Waals surface area contributed by atoms with Gasteiger partial charge in [0.05, 0.1) is 5.69 Å². The van der Waals surface area contributed by atoms with Crippen molar-refractivity contribution in [3.8, 4) is 0 Å². The highest BCUT2D eigenvalue weighted by Gasteiger charge is 2.39. The fourth-order valence-electron chi connectivity index (χ4n) is 2.82. The first-order chi connectivity index (χ1) is 5.86. The highest BCUT2D eigenvalue weighted by molar-refractivity contribution is 5.38. The van der Waals surface area contributed by atoms with Gasteiger partial charge in [-0.05, 0) is 37.7 Å². The van der Waals surface area contributed by atoms with Crippen molar-refractivity contribution in [2.24, 2.45) is 0 Å². The average molecular weight is 160 g/mol. The molecule has 1 aromatic rings. The third kappa shape index (κ3) is 0.655. The van der Waals surface area contributed by atoms with Gasteiger partial charge in [0.1, 0.15) is 6.33 Å². The predicted molar refractivity (Wildman–Crippen MR) is 46.1 cm³/mol. The summed E-state index contributed by atoms with van der Waals surface area (Å²) in [5.74, 6) is 1.57. The van der Waals surface area contributed by atoms with Crippen molar-refractivity contribution in [2.45, 2.75) is 38.0 Å². The van der Waals surface area contributed by atoms with Crippen molar-refractivity contribution >= 4 is 0 Å². The number of hydrogen-bond donors (Lipinski definition) is 0. The zero-order valence-electron chi connectivity index (χ0n) is 7.25. The minimum atomic E-state index is 0.770. The van der Waals surface area contributed by atoms with Crippen molar-refractivity contribution in [3.05, 3.63) is 23.3 Å². The molecule has 2 unspecified atom stereocenters. The molecule has 0 aliphatic heterocycles. The number of nitrogens with zero attached hydrogens (tertiary/aromatic N) is 2. The lowest BCUT2D eigenvalue weighted by Gasteiger charge is -2.14. The number of aryl methyl sites for hydroxylation is 1. The maximum absolute atomic E-state index is 4.39. The van der Waals surface area contributed by atoms with E-state index in [0.29, 0.717) is 0 Å². The molecule has 0 amide bonds. The summed E-state index contributed by atoms with van der Waals surface area (Å²) in [6.07, 6.45) is 5.78. The SMILES string of the molecule is Cc1ncnc2c1C1CCC2C1. The lowest BCUT2D eigenvalue weighted by molar-refractivity contribution is 0.685. The van der Waals surface area contributed by atoms with Gasteiger partial charge >= 0.3 is 0 Å². The van der Waals surface area contributed by atoms with E-state index in [1.54, 1.807) is 6.33 Å². The summed E-state index contributed by atoms with van der Waals surface area (Å²) in [6.45, 7) is 2.11. The standard InChI is InChI=1S/C10H12N2/c1-6-9-7-2-3-8(4-7)10(9)12-5-11-6/h5,7-8H,2-4H2,1H3. The molecule has 62 valence electrons. The molecule has 2 bridgehead atoms. The fraction of sp³-hybridized carbons (Fsp3) is 0.600. The summed E-state index contributed by atoms with van der Waals surface area (Å²) in [4.78, 5) is 8.65. The molecule has 1 fully saturated rings. The lowest BCUT2D eigenvalue weighted by atomic mass is 9.95. The van der Waals surface area contributed by atoms with Crippen LogP contribution in [0.4, 0.5) is 0 Å². The molecule has 2 aliphatic carbocycles. The van der Waals surface area contributed by atoms with E-state index in [4.69, 9.17) is 0 Å². The van der Waals surface area contributed by atoms with E-state index in [1.807, 2.05) is 0 Å². The van der Waals surface area contributed by atoms with Crippen LogP contribution in [0.2, 0.25) is 0 Å². The van der Waals surface area contributed by atoms with Gasteiger partial charge in [-0.3, -0.25) is 0 Å². The molecule has 2 heteroatoms. The second kappa shape index (κ2) is 2.06. The first kappa shape index (κ1) is 6.58. The average Bonchev–Trinajstić information content (AvgIpc) is 2.64. The summed E-state index contributed by atoms with van der Waals surface area (Å²) in [5.41, 5.74) is 4.06. The van der Waals surface area contributed by atoms with E-state index in [1.165, 1.54) is 36.2 Å². The molecule has 3 rings (SSSR count). The lowest BCUT2D eigenvalue weighted by Crippen LogP contribution is -2.04. The first-order valence-corrected chi connectivity index (χ1v) is 4.67. The molecule has 2 nitrogen and oxygen atoms in total. The second-order valence-electron chi connectivity index (χ2n) is 3.96. The monoisotopic (exact) mass is 160 g/mol. The van der Waals surface area contributed by atoms with Crippen LogP contribution in [0.3, 0.4) is 0 Å². The summed E-state index contributed by atoms with van der Waals surface area (Å²) in [6, 6.07) is 0. The molecule has 0 saturated heterocycles. The summed E-state index contributed by atoms with van der Waals surface area (Å²) < 4.78 is 0. The number of fused-ring (bicyclic) bond motifs is 5. The smallest absolute Gasteiger partial charge is 0.115 e. The summed E-state index contributed by atoms with van der Waals surface area (Å²) in [7, 11) is 0. The van der Waals surface area contributed by atoms with Gasteiger partial charge in [-0.15, -0.1) is 0 Å². The van der Waals surface area contributed by atoms with Gasteiger partial charge in [-0.25, -0.2) is 9.97 Å². The molecular weight excluding hydrogens is 148 g/mol. The molecule has 0 N–H and O–H groups in total. The summed E-state index contributed by atoms with van der Waals surface area (Å²) >= 11 is 0. The van der Waals surface area contributed by atoms with Crippen LogP contribution in [0.5, 0.6) is 0 Å². The topological polar surface area (TPSA) is 25.8 Å². The highest BCUT2D eigenvalue weighted by atomic mass is 14.9. The van der Waals surface area contributed by atoms with Crippen LogP contribution in [0.15, 0.2) is 6.33 Å². The Morgan fingerprint density at radius 3 is 2.92 bits per heavy atom. The molecule has 0 spiro atoms. The van der Waals surface area contributed by atoms with Gasteiger partial charge in [0.15, 0.2) is 0 Å². The van der Waals surface area contributed by atoms with Gasteiger partial charge in [-0.1, -0.05) is 0 Å². The molecule has 1 aromatic heterocycles. The molecule has 0 aromatic carbocycles. The Balaban J connectivity index is 2.26. The van der Waals surface area contributed by atoms with E-state index in [9.17, 15) is 0 Å². The van der Waals surface area contributed by atoms with Gasteiger partial charge in [0.25, 0.3) is 0 Å². The Bertz CT molecular complexity index is 333. The number of hydrogen-bond acceptors (Lipinski definition) is 2. The van der Waals surface area contributed by atoms with Gasteiger partial charge in [0, 0.05) is 11.6 Å². The van der Waals surface area contributed by atoms with E-state index < -0.39 is 0 Å². The van der Waals surface area contributed by atoms with Crippen molar-refractivity contribution in [3.63, 3.8) is 0 Å². The van der Waals surface area contributed by atoms with Crippen LogP contribution < -0.4 is 0 Å². The van der Waals surface area contributed by atoms with Crippen molar-refractivity contribution in [1.29, 1.82) is 0 Å². The maximum Gasteiger partial charge on any atom is 0.115 e. The Hall–Kier alpha value is -0.920. The van der Waals surface area contributed by atoms with Crippen LogP contribution in [-0.4, -0.2) is 9.97 Å². The quantitative estimate of drug-likeness (QED) is 0.581. The zero-order valence-corrected chi connectivity index (χ0v) is 7.25. The molecule has 12 heavy (non-hydrogen) atoms. The van der Waals surface area contributed by atoms with Gasteiger partial charge in [-0.2, -0.15) is 0 Å². The minimum absolute atomic E-state index is 0.770. The van der Waals surface area contributed by atoms with Crippen molar-refractivity contribution < 1.29 is 0 Å². The van der Waals surface area contributed by atoms with Crippen LogP contribution in [0, 0.1) is 6.92 Å². The molecule has 1 heterocycles. The second-order valence-corrected chi connectivity index (χ2v) is 3.96. The summed E-state index contributed by atoms with van der Waals surface area (Å²) in [5, 5.41) is 0. The Labute approximate surface area is 72.0 Å². The zero-order chi connectivity index (χ0) is 8.13. The van der Waals surface area contributed by atoms with Gasteiger partial charge in [0.2, 0.25) is 0 Å². The normalized spacial score (nSPS) is 30.8. The van der Waals surface area contributed by atoms with Crippen LogP contribution >= 0.6 is 0 Å². The van der Waals surface area contributed by atoms with E-state index in [0.717, 1.165) is 11.8 Å². The maximum atomic E-state index is 4.39. The Kier molecular flexibility index (Phi) is 1.13. The Morgan fingerprint density at radius 2 is 2.08 bits per heavy atom. The number of rotatable bonds is 0. The minimum Gasteiger partial charge on any atom is -0.241 e. The van der Waals surface area contributed by atoms with Crippen molar-refractivity contribution in [2.75, 3.05) is 0 Å². The van der Waals surface area contributed by atoms with Crippen LogP contribution in [-0.2, 0) is 0 Å². The number of aromatic nitrogens is 2. The molecule has 0 radical (unpaired) electrons. The van der Waals surface area contributed by atoms with Gasteiger partial charge < -0.3 is 0 Å². The molecular formula is C10H12N2. The first-order valence-electron chi connectivity index (χ1n) is 4.67. The van der Waals surface area contributed by atoms with Crippen molar-refractivity contribution in [1.82, 2.24) is 9.97 Å². The van der Waals surface area contributed by atoms with Crippen LogP contribution in [0.1, 0.15) is 48.0 Å². The fourth-order valence-corrected chi connectivity index (χ4v) is 2.82. The third-order valence-corrected chi connectivity index (χ3v) is 3.34. The van der Waals surface area contributed by atoms with E-state index in [-0.39, 0.29) is 0 Å².